The molecular formula is C25H32N5O4Si. The molecule has 2 aromatic heterocycles. The second-order valence-corrected chi connectivity index (χ2v) is 12.3. The SMILES string of the molecule is C[Si](C)OC(C1OC(n2cnc3c(N)ncnc32)C2OC(/C=C/c3ccccc3)OC21)C(C)(C)C. The van der Waals surface area contributed by atoms with E-state index in [9.17, 15) is 0 Å². The van der Waals surface area contributed by atoms with Gasteiger partial charge in [0.05, 0.1) is 12.4 Å². The molecule has 2 N–H and O–H groups in total. The summed E-state index contributed by atoms with van der Waals surface area (Å²) in [7, 11) is -0.997. The topological polar surface area (TPSA) is 107 Å². The number of aromatic nitrogens is 4. The molecule has 0 aliphatic carbocycles. The van der Waals surface area contributed by atoms with Crippen LogP contribution in [0.25, 0.3) is 17.2 Å². The number of imidazole rings is 1. The molecule has 10 heteroatoms. The molecule has 5 rings (SSSR count). The van der Waals surface area contributed by atoms with Crippen molar-refractivity contribution in [1.82, 2.24) is 19.5 Å². The van der Waals surface area contributed by atoms with Crippen molar-refractivity contribution in [3.05, 3.63) is 54.6 Å². The van der Waals surface area contributed by atoms with Crippen LogP contribution in [0.5, 0.6) is 0 Å². The lowest BCUT2D eigenvalue weighted by molar-refractivity contribution is -0.158. The molecule has 0 bridgehead atoms. The van der Waals surface area contributed by atoms with Gasteiger partial charge in [-0.2, -0.15) is 0 Å². The zero-order valence-electron chi connectivity index (χ0n) is 20.7. The predicted octanol–water partition coefficient (Wildman–Crippen LogP) is 3.81. The van der Waals surface area contributed by atoms with Crippen molar-refractivity contribution in [2.24, 2.45) is 5.41 Å². The maximum absolute atomic E-state index is 6.66. The van der Waals surface area contributed by atoms with Gasteiger partial charge in [-0.25, -0.2) is 15.0 Å². The Morgan fingerprint density at radius 2 is 1.80 bits per heavy atom. The molecule has 2 saturated heterocycles. The average molecular weight is 495 g/mol. The van der Waals surface area contributed by atoms with Crippen LogP contribution in [0, 0.1) is 5.41 Å². The van der Waals surface area contributed by atoms with Crippen molar-refractivity contribution < 1.29 is 18.6 Å². The first-order valence-electron chi connectivity index (χ1n) is 11.8. The van der Waals surface area contributed by atoms with E-state index in [0.29, 0.717) is 17.0 Å². The van der Waals surface area contributed by atoms with Gasteiger partial charge >= 0.3 is 0 Å². The van der Waals surface area contributed by atoms with Gasteiger partial charge < -0.3 is 24.4 Å². The molecule has 35 heavy (non-hydrogen) atoms. The van der Waals surface area contributed by atoms with E-state index in [2.05, 4.69) is 48.8 Å². The van der Waals surface area contributed by atoms with Gasteiger partial charge in [-0.1, -0.05) is 57.2 Å². The highest BCUT2D eigenvalue weighted by Gasteiger charge is 2.57. The van der Waals surface area contributed by atoms with Crippen LogP contribution < -0.4 is 5.73 Å². The standard InChI is InChI=1S/C25H32N5O4Si/c1-25(2,3)21(34-35(4)5)19-18-20(32-16(31-18)12-11-15-9-7-6-8-10-15)24(33-19)30-14-29-17-22(26)27-13-28-23(17)30/h6-14,16,18-21,24H,1-5H3,(H2,26,27,28)/b12-11+. The molecule has 2 aliphatic rings. The highest BCUT2D eigenvalue weighted by Crippen LogP contribution is 2.45. The van der Waals surface area contributed by atoms with Crippen molar-refractivity contribution in [3.8, 4) is 0 Å². The second-order valence-electron chi connectivity index (χ2n) is 10.2. The van der Waals surface area contributed by atoms with Crippen LogP contribution in [0.15, 0.2) is 49.1 Å². The van der Waals surface area contributed by atoms with Crippen LogP contribution in [-0.2, 0) is 18.6 Å². The summed E-state index contributed by atoms with van der Waals surface area (Å²) in [6, 6.07) is 10.1. The van der Waals surface area contributed by atoms with Crippen molar-refractivity contribution in [1.29, 1.82) is 0 Å². The summed E-state index contributed by atoms with van der Waals surface area (Å²) in [5.74, 6) is 0.326. The first-order valence-corrected chi connectivity index (χ1v) is 14.2. The number of fused-ring (bicyclic) bond motifs is 2. The van der Waals surface area contributed by atoms with Crippen LogP contribution in [0.1, 0.15) is 32.6 Å². The monoisotopic (exact) mass is 494 g/mol. The maximum Gasteiger partial charge on any atom is 0.205 e. The van der Waals surface area contributed by atoms with Gasteiger partial charge in [-0.15, -0.1) is 0 Å². The van der Waals surface area contributed by atoms with Crippen LogP contribution in [-0.4, -0.2) is 59.3 Å². The fourth-order valence-electron chi connectivity index (χ4n) is 4.67. The Kier molecular flexibility index (Phi) is 6.49. The molecule has 9 nitrogen and oxygen atoms in total. The number of rotatable bonds is 6. The van der Waals surface area contributed by atoms with Crippen molar-refractivity contribution in [2.75, 3.05) is 5.73 Å². The van der Waals surface area contributed by atoms with Gasteiger partial charge in [0.25, 0.3) is 0 Å². The van der Waals surface area contributed by atoms with E-state index in [4.69, 9.17) is 24.4 Å². The molecule has 1 radical (unpaired) electrons. The molecule has 0 spiro atoms. The fraction of sp³-hybridized carbons (Fsp3) is 0.480. The van der Waals surface area contributed by atoms with E-state index in [0.717, 1.165) is 5.56 Å². The lowest BCUT2D eigenvalue weighted by atomic mass is 9.84. The number of ether oxygens (including phenoxy) is 3. The second kappa shape index (κ2) is 9.44. The molecule has 185 valence electrons. The highest BCUT2D eigenvalue weighted by atomic mass is 28.3. The third kappa shape index (κ3) is 4.76. The summed E-state index contributed by atoms with van der Waals surface area (Å²) in [5, 5.41) is 0. The van der Waals surface area contributed by atoms with Gasteiger partial charge in [0, 0.05) is 0 Å². The van der Waals surface area contributed by atoms with Crippen LogP contribution in [0.4, 0.5) is 5.82 Å². The third-order valence-corrected chi connectivity index (χ3v) is 6.95. The normalized spacial score (nSPS) is 27.8. The first kappa shape index (κ1) is 24.1. The molecule has 6 unspecified atom stereocenters. The van der Waals surface area contributed by atoms with E-state index >= 15 is 0 Å². The number of nitrogen functional groups attached to an aromatic ring is 1. The molecule has 6 atom stereocenters. The van der Waals surface area contributed by atoms with E-state index < -0.39 is 21.6 Å². The molecule has 0 saturated carbocycles. The Labute approximate surface area is 207 Å². The Balaban J connectivity index is 1.49. The minimum Gasteiger partial charge on any atom is -0.411 e. The van der Waals surface area contributed by atoms with E-state index in [1.807, 2.05) is 47.1 Å². The zero-order valence-corrected chi connectivity index (χ0v) is 21.7. The van der Waals surface area contributed by atoms with Crippen molar-refractivity contribution in [2.45, 2.75) is 70.8 Å². The minimum absolute atomic E-state index is 0.170. The summed E-state index contributed by atoms with van der Waals surface area (Å²) >= 11 is 0. The molecule has 2 fully saturated rings. The molecular weight excluding hydrogens is 462 g/mol. The number of hydrogen-bond acceptors (Lipinski definition) is 8. The molecule has 1 aromatic carbocycles. The summed E-state index contributed by atoms with van der Waals surface area (Å²) in [6.07, 6.45) is 4.82. The van der Waals surface area contributed by atoms with Gasteiger partial charge in [0.1, 0.15) is 30.2 Å². The molecule has 2 aliphatic heterocycles. The Morgan fingerprint density at radius 1 is 1.06 bits per heavy atom. The minimum atomic E-state index is -0.997. The van der Waals surface area contributed by atoms with Crippen LogP contribution in [0.2, 0.25) is 13.1 Å². The summed E-state index contributed by atoms with van der Waals surface area (Å²) in [4.78, 5) is 12.9. The number of anilines is 1. The Hall–Kier alpha value is -2.63. The average Bonchev–Trinajstić information content (AvgIpc) is 3.50. The first-order chi connectivity index (χ1) is 16.7. The van der Waals surface area contributed by atoms with Gasteiger partial charge in [-0.3, -0.25) is 4.57 Å². The fourth-order valence-corrected chi connectivity index (χ4v) is 5.66. The number of nitrogens with zero attached hydrogens (tertiary/aromatic N) is 4. The van der Waals surface area contributed by atoms with Crippen LogP contribution in [0.3, 0.4) is 0 Å². The van der Waals surface area contributed by atoms with Crippen molar-refractivity contribution in [3.63, 3.8) is 0 Å². The quantitative estimate of drug-likeness (QED) is 0.516. The summed E-state index contributed by atoms with van der Waals surface area (Å²) in [5.41, 5.74) is 8.07. The lowest BCUT2D eigenvalue weighted by Crippen LogP contribution is -2.48. The maximum atomic E-state index is 6.66. The van der Waals surface area contributed by atoms with Crippen LogP contribution >= 0.6 is 0 Å². The number of hydrogen-bond donors (Lipinski definition) is 1. The number of nitrogens with two attached hydrogens (primary N) is 1. The van der Waals surface area contributed by atoms with E-state index in [-0.39, 0.29) is 29.8 Å². The Bertz CT molecular complexity index is 1200. The van der Waals surface area contributed by atoms with Gasteiger partial charge in [-0.05, 0) is 30.1 Å². The van der Waals surface area contributed by atoms with E-state index in [1.165, 1.54) is 6.33 Å². The molecule has 4 heterocycles. The van der Waals surface area contributed by atoms with Gasteiger partial charge in [0.15, 0.2) is 24.0 Å². The van der Waals surface area contributed by atoms with E-state index in [1.54, 1.807) is 6.33 Å². The smallest absolute Gasteiger partial charge is 0.205 e. The molecule has 3 aromatic rings. The largest absolute Gasteiger partial charge is 0.411 e. The third-order valence-electron chi connectivity index (χ3n) is 6.23. The zero-order chi connectivity index (χ0) is 24.7. The van der Waals surface area contributed by atoms with Crippen molar-refractivity contribution >= 4 is 32.1 Å². The summed E-state index contributed by atoms with van der Waals surface area (Å²) in [6.45, 7) is 10.8. The molecule has 0 amide bonds. The van der Waals surface area contributed by atoms with Gasteiger partial charge in [0.2, 0.25) is 9.04 Å². The predicted molar refractivity (Wildman–Crippen MR) is 134 cm³/mol. The summed E-state index contributed by atoms with van der Waals surface area (Å²) < 4.78 is 27.9. The lowest BCUT2D eigenvalue weighted by Gasteiger charge is -2.37. The Morgan fingerprint density at radius 3 is 2.51 bits per heavy atom. The number of benzene rings is 1. The highest BCUT2D eigenvalue weighted by molar-refractivity contribution is 6.48.